The molecule has 3 rings (SSSR count). The lowest BCUT2D eigenvalue weighted by molar-refractivity contribution is 0.136. The average molecular weight is 240 g/mol. The predicted octanol–water partition coefficient (Wildman–Crippen LogP) is 4.80. The maximum Gasteiger partial charge on any atom is 0.120 e. The van der Waals surface area contributed by atoms with Gasteiger partial charge in [-0.05, 0) is 54.5 Å². The molecule has 18 heavy (non-hydrogen) atoms. The molecule has 94 valence electrons. The second-order valence-corrected chi connectivity index (χ2v) is 5.51. The molecule has 0 N–H and O–H groups in total. The Morgan fingerprint density at radius 3 is 2.39 bits per heavy atom. The third-order valence-corrected chi connectivity index (χ3v) is 3.99. The summed E-state index contributed by atoms with van der Waals surface area (Å²) in [4.78, 5) is 0. The highest BCUT2D eigenvalue weighted by atomic mass is 16.5. The van der Waals surface area contributed by atoms with Crippen molar-refractivity contribution >= 4 is 10.8 Å². The van der Waals surface area contributed by atoms with Crippen LogP contribution < -0.4 is 4.74 Å². The second-order valence-electron chi connectivity index (χ2n) is 5.51. The maximum absolute atomic E-state index is 6.11. The van der Waals surface area contributed by atoms with Crippen molar-refractivity contribution in [1.82, 2.24) is 0 Å². The highest BCUT2D eigenvalue weighted by Gasteiger charge is 2.19. The Labute approximate surface area is 109 Å². The van der Waals surface area contributed by atoms with Crippen LogP contribution in [-0.2, 0) is 0 Å². The minimum Gasteiger partial charge on any atom is -0.490 e. The van der Waals surface area contributed by atoms with Crippen LogP contribution in [0.25, 0.3) is 10.8 Å². The monoisotopic (exact) mass is 240 g/mol. The van der Waals surface area contributed by atoms with Crippen LogP contribution in [0.3, 0.4) is 0 Å². The van der Waals surface area contributed by atoms with E-state index in [0.29, 0.717) is 6.10 Å². The highest BCUT2D eigenvalue weighted by Crippen LogP contribution is 2.28. The topological polar surface area (TPSA) is 9.23 Å². The Morgan fingerprint density at radius 2 is 1.61 bits per heavy atom. The first-order valence-electron chi connectivity index (χ1n) is 6.97. The fraction of sp³-hybridized carbons (Fsp3) is 0.412. The molecule has 1 nitrogen and oxygen atoms in total. The van der Waals surface area contributed by atoms with Gasteiger partial charge in [0.05, 0.1) is 6.10 Å². The number of hydrogen-bond acceptors (Lipinski definition) is 1. The molecule has 1 saturated carbocycles. The number of ether oxygens (including phenoxy) is 1. The molecular formula is C17H20O. The van der Waals surface area contributed by atoms with Crippen LogP contribution in [-0.4, -0.2) is 6.10 Å². The van der Waals surface area contributed by atoms with Gasteiger partial charge in [-0.25, -0.2) is 0 Å². The second kappa shape index (κ2) is 5.01. The van der Waals surface area contributed by atoms with Gasteiger partial charge in [0.15, 0.2) is 0 Å². The lowest BCUT2D eigenvalue weighted by Gasteiger charge is -2.27. The van der Waals surface area contributed by atoms with Crippen molar-refractivity contribution in [2.45, 2.75) is 38.7 Å². The number of fused-ring (bicyclic) bond motifs is 1. The summed E-state index contributed by atoms with van der Waals surface area (Å²) in [6.45, 7) is 2.34. The van der Waals surface area contributed by atoms with E-state index in [1.54, 1.807) is 0 Å². The Bertz CT molecular complexity index is 524. The summed E-state index contributed by atoms with van der Waals surface area (Å²) in [5.74, 6) is 1.90. The molecule has 1 aliphatic rings. The summed E-state index contributed by atoms with van der Waals surface area (Å²) in [5.41, 5.74) is 0. The van der Waals surface area contributed by atoms with E-state index in [4.69, 9.17) is 4.74 Å². The molecule has 0 aliphatic heterocycles. The third kappa shape index (κ3) is 2.50. The summed E-state index contributed by atoms with van der Waals surface area (Å²) in [5, 5.41) is 2.54. The van der Waals surface area contributed by atoms with Crippen molar-refractivity contribution in [1.29, 1.82) is 0 Å². The van der Waals surface area contributed by atoms with Crippen LogP contribution in [0.4, 0.5) is 0 Å². The quantitative estimate of drug-likeness (QED) is 0.732. The van der Waals surface area contributed by atoms with Gasteiger partial charge in [0.25, 0.3) is 0 Å². The first kappa shape index (κ1) is 11.6. The summed E-state index contributed by atoms with van der Waals surface area (Å²) in [6, 6.07) is 14.8. The van der Waals surface area contributed by atoms with Gasteiger partial charge in [0.2, 0.25) is 0 Å². The number of hydrogen-bond donors (Lipinski definition) is 0. The van der Waals surface area contributed by atoms with E-state index >= 15 is 0 Å². The molecule has 0 atom stereocenters. The van der Waals surface area contributed by atoms with Crippen molar-refractivity contribution in [3.05, 3.63) is 42.5 Å². The van der Waals surface area contributed by atoms with Crippen LogP contribution in [0.1, 0.15) is 32.6 Å². The lowest BCUT2D eigenvalue weighted by atomic mass is 9.89. The predicted molar refractivity (Wildman–Crippen MR) is 76.0 cm³/mol. The largest absolute Gasteiger partial charge is 0.490 e. The van der Waals surface area contributed by atoms with E-state index < -0.39 is 0 Å². The van der Waals surface area contributed by atoms with Gasteiger partial charge in [-0.15, -0.1) is 0 Å². The summed E-state index contributed by atoms with van der Waals surface area (Å²) >= 11 is 0. The zero-order valence-corrected chi connectivity index (χ0v) is 10.9. The molecule has 0 spiro atoms. The summed E-state index contributed by atoms with van der Waals surface area (Å²) < 4.78 is 6.11. The van der Waals surface area contributed by atoms with Crippen LogP contribution in [0.5, 0.6) is 5.75 Å². The van der Waals surface area contributed by atoms with E-state index in [0.717, 1.165) is 11.7 Å². The van der Waals surface area contributed by atoms with Crippen LogP contribution >= 0.6 is 0 Å². The molecule has 0 aromatic heterocycles. The Morgan fingerprint density at radius 1 is 0.889 bits per heavy atom. The zero-order valence-electron chi connectivity index (χ0n) is 10.9. The zero-order chi connectivity index (χ0) is 12.4. The lowest BCUT2D eigenvalue weighted by Crippen LogP contribution is -2.22. The van der Waals surface area contributed by atoms with Gasteiger partial charge < -0.3 is 4.74 Å². The SMILES string of the molecule is C[C@H]1CC[C@@H](Oc2ccc3ccccc3c2)CC1. The molecule has 0 unspecified atom stereocenters. The molecule has 1 fully saturated rings. The van der Waals surface area contributed by atoms with Crippen LogP contribution in [0, 0.1) is 5.92 Å². The molecule has 2 aromatic carbocycles. The molecule has 0 amide bonds. The van der Waals surface area contributed by atoms with Crippen LogP contribution in [0.2, 0.25) is 0 Å². The first-order valence-corrected chi connectivity index (χ1v) is 6.97. The highest BCUT2D eigenvalue weighted by molar-refractivity contribution is 5.83. The van der Waals surface area contributed by atoms with Gasteiger partial charge in [-0.3, -0.25) is 0 Å². The van der Waals surface area contributed by atoms with Gasteiger partial charge in [0.1, 0.15) is 5.75 Å². The van der Waals surface area contributed by atoms with Gasteiger partial charge >= 0.3 is 0 Å². The van der Waals surface area contributed by atoms with E-state index in [-0.39, 0.29) is 0 Å². The smallest absolute Gasteiger partial charge is 0.120 e. The Kier molecular flexibility index (Phi) is 3.22. The summed E-state index contributed by atoms with van der Waals surface area (Å²) in [6.07, 6.45) is 5.43. The molecule has 0 bridgehead atoms. The van der Waals surface area contributed by atoms with Gasteiger partial charge in [-0.2, -0.15) is 0 Å². The standard InChI is InChI=1S/C17H20O/c1-13-6-9-16(10-7-13)18-17-11-8-14-4-2-3-5-15(14)12-17/h2-5,8,11-13,16H,6-7,9-10H2,1H3/t13-,16+. The van der Waals surface area contributed by atoms with Gasteiger partial charge in [0, 0.05) is 0 Å². The van der Waals surface area contributed by atoms with E-state index in [1.807, 2.05) is 0 Å². The molecule has 0 heterocycles. The van der Waals surface area contributed by atoms with E-state index in [9.17, 15) is 0 Å². The third-order valence-electron chi connectivity index (χ3n) is 3.99. The first-order chi connectivity index (χ1) is 8.81. The molecule has 1 heteroatoms. The molecule has 2 aromatic rings. The van der Waals surface area contributed by atoms with Crippen molar-refractivity contribution in [2.24, 2.45) is 5.92 Å². The minimum absolute atomic E-state index is 0.419. The summed E-state index contributed by atoms with van der Waals surface area (Å²) in [7, 11) is 0. The fourth-order valence-corrected chi connectivity index (χ4v) is 2.78. The van der Waals surface area contributed by atoms with E-state index in [2.05, 4.69) is 49.4 Å². The molecule has 1 aliphatic carbocycles. The van der Waals surface area contributed by atoms with Crippen molar-refractivity contribution in [3.63, 3.8) is 0 Å². The van der Waals surface area contributed by atoms with Gasteiger partial charge in [-0.1, -0.05) is 37.3 Å². The molecule has 0 radical (unpaired) electrons. The van der Waals surface area contributed by atoms with Crippen LogP contribution in [0.15, 0.2) is 42.5 Å². The Balaban J connectivity index is 1.74. The molecule has 0 saturated heterocycles. The number of benzene rings is 2. The van der Waals surface area contributed by atoms with E-state index in [1.165, 1.54) is 36.5 Å². The van der Waals surface area contributed by atoms with Crippen molar-refractivity contribution in [2.75, 3.05) is 0 Å². The average Bonchev–Trinajstić information content (AvgIpc) is 2.41. The maximum atomic E-state index is 6.11. The number of rotatable bonds is 2. The fourth-order valence-electron chi connectivity index (χ4n) is 2.78. The normalized spacial score (nSPS) is 24.1. The Hall–Kier alpha value is -1.50. The van der Waals surface area contributed by atoms with Crippen molar-refractivity contribution in [3.8, 4) is 5.75 Å². The molecular weight excluding hydrogens is 220 g/mol. The van der Waals surface area contributed by atoms with Crippen molar-refractivity contribution < 1.29 is 4.74 Å². The minimum atomic E-state index is 0.419.